The molecule has 2 N–H and O–H groups in total. The first-order chi connectivity index (χ1) is 24.8. The van der Waals surface area contributed by atoms with Crippen LogP contribution in [-0.4, -0.2) is 100 Å². The van der Waals surface area contributed by atoms with Crippen LogP contribution < -0.4 is 20.4 Å². The number of pyridine rings is 2. The van der Waals surface area contributed by atoms with Gasteiger partial charge in [-0.05, 0) is 57.4 Å². The number of halogens is 3. The number of carbonyl (C=O) groups is 2. The molecule has 0 unspecified atom stereocenters. The van der Waals surface area contributed by atoms with Crippen molar-refractivity contribution < 1.29 is 32.6 Å². The topological polar surface area (TPSA) is 173 Å². The van der Waals surface area contributed by atoms with E-state index in [0.717, 1.165) is 0 Å². The fourth-order valence-electron chi connectivity index (χ4n) is 8.73. The van der Waals surface area contributed by atoms with E-state index < -0.39 is 40.8 Å². The van der Waals surface area contributed by atoms with E-state index in [1.165, 1.54) is 24.4 Å². The van der Waals surface area contributed by atoms with Gasteiger partial charge in [-0.2, -0.15) is 13.2 Å². The zero-order valence-electron chi connectivity index (χ0n) is 28.7. The van der Waals surface area contributed by atoms with Gasteiger partial charge < -0.3 is 29.5 Å². The Bertz CT molecular complexity index is 2160. The second kappa shape index (κ2) is 12.2. The minimum Gasteiger partial charge on any atom is -0.504 e. The summed E-state index contributed by atoms with van der Waals surface area (Å²) >= 11 is 0. The summed E-state index contributed by atoms with van der Waals surface area (Å²) in [6.07, 6.45) is 0.467. The number of carbonyl (C=O) groups excluding carboxylic acids is 2. The standard InChI is InChI=1S/C34H37F3N10O5/c1-4-21-28(44-9-10-45(23-6-5-22(23)44)32(51)27-29(49)17(2)39-16-40-27)30(50)26-31(43-47(42-26)19-7-8-38-25(11-19)52-3)46(21)15-24(48)41-33-12-18(13-33)20(14-33)34(35,36)37/h7-8,11,16,18,20,22-23,49H,4-6,9-10,12-15H2,1-3H3,(H,41,48)/t18?,20-,22+,23+,33?/m0/s1. The Balaban J connectivity index is 1.17. The van der Waals surface area contributed by atoms with E-state index in [4.69, 9.17) is 4.74 Å². The first kappa shape index (κ1) is 33.8. The van der Waals surface area contributed by atoms with E-state index in [9.17, 15) is 32.7 Å². The van der Waals surface area contributed by atoms with Gasteiger partial charge in [-0.15, -0.1) is 15.0 Å². The fourth-order valence-corrected chi connectivity index (χ4v) is 8.73. The van der Waals surface area contributed by atoms with Gasteiger partial charge in [0.2, 0.25) is 17.2 Å². The zero-order chi connectivity index (χ0) is 36.7. The molecule has 5 heterocycles. The minimum absolute atomic E-state index is 0.00594. The van der Waals surface area contributed by atoms with Crippen molar-refractivity contribution in [2.24, 2.45) is 11.8 Å². The Morgan fingerprint density at radius 1 is 1.10 bits per heavy atom. The molecular formula is C34H37F3N10O5. The minimum atomic E-state index is -4.32. The largest absolute Gasteiger partial charge is 0.504 e. The zero-order valence-corrected chi connectivity index (χ0v) is 28.7. The predicted molar refractivity (Wildman–Crippen MR) is 178 cm³/mol. The van der Waals surface area contributed by atoms with Crippen molar-refractivity contribution in [1.29, 1.82) is 0 Å². The SMILES string of the molecule is CCc1c(N2CCN(C(=O)c3ncnc(C)c3O)[C@@H]3CC[C@H]32)c(=O)c2nn(-c3ccnc(OC)c3)nc2n1CC(=O)NC12CC(C1)[C@@H](C(F)(F)F)C2. The van der Waals surface area contributed by atoms with Gasteiger partial charge in [0.25, 0.3) is 5.91 Å². The van der Waals surface area contributed by atoms with Crippen LogP contribution in [0.3, 0.4) is 0 Å². The summed E-state index contributed by atoms with van der Waals surface area (Å²) in [4.78, 5) is 59.0. The normalized spacial score (nSPS) is 25.0. The van der Waals surface area contributed by atoms with Crippen LogP contribution in [0.25, 0.3) is 16.9 Å². The van der Waals surface area contributed by atoms with Crippen LogP contribution in [0.2, 0.25) is 0 Å². The molecule has 4 aromatic heterocycles. The molecule has 18 heteroatoms. The second-order valence-corrected chi connectivity index (χ2v) is 14.2. The van der Waals surface area contributed by atoms with Gasteiger partial charge in [-0.3, -0.25) is 14.4 Å². The number of nitrogens with zero attached hydrogens (tertiary/aromatic N) is 9. The van der Waals surface area contributed by atoms with E-state index in [-0.39, 0.29) is 79.3 Å². The number of aromatic nitrogens is 7. The van der Waals surface area contributed by atoms with E-state index in [1.54, 1.807) is 28.5 Å². The number of methoxy groups -OCH3 is 1. The van der Waals surface area contributed by atoms with Crippen LogP contribution in [0.15, 0.2) is 29.5 Å². The maximum absolute atomic E-state index is 14.5. The van der Waals surface area contributed by atoms with E-state index in [1.807, 2.05) is 11.8 Å². The lowest BCUT2D eigenvalue weighted by molar-refractivity contribution is -0.180. The van der Waals surface area contributed by atoms with Gasteiger partial charge in [0.1, 0.15) is 18.6 Å². The van der Waals surface area contributed by atoms with Crippen LogP contribution in [0.1, 0.15) is 60.9 Å². The fraction of sp³-hybridized carbons (Fsp3) is 0.529. The van der Waals surface area contributed by atoms with E-state index in [2.05, 4.69) is 30.5 Å². The number of aryl methyl sites for hydroxylation is 1. The Morgan fingerprint density at radius 3 is 2.54 bits per heavy atom. The summed E-state index contributed by atoms with van der Waals surface area (Å²) in [6.45, 7) is 3.65. The third kappa shape index (κ3) is 5.32. The molecule has 5 aliphatic rings. The average molecular weight is 723 g/mol. The lowest BCUT2D eigenvalue weighted by Gasteiger charge is -2.54. The highest BCUT2D eigenvalue weighted by atomic mass is 19.4. The number of aromatic hydroxyl groups is 1. The van der Waals surface area contributed by atoms with Crippen LogP contribution in [0.4, 0.5) is 18.9 Å². The van der Waals surface area contributed by atoms with E-state index in [0.29, 0.717) is 42.2 Å². The second-order valence-electron chi connectivity index (χ2n) is 14.2. The molecular weight excluding hydrogens is 685 g/mol. The molecule has 274 valence electrons. The molecule has 0 spiro atoms. The highest BCUT2D eigenvalue weighted by Gasteiger charge is 2.64. The van der Waals surface area contributed by atoms with Crippen molar-refractivity contribution in [2.45, 2.75) is 82.7 Å². The number of piperazine rings is 1. The van der Waals surface area contributed by atoms with Crippen molar-refractivity contribution in [3.8, 4) is 17.3 Å². The number of hydrogen-bond acceptors (Lipinski definition) is 11. The van der Waals surface area contributed by atoms with Crippen LogP contribution in [0.5, 0.6) is 11.6 Å². The number of nitrogens with one attached hydrogen (secondary N) is 1. The van der Waals surface area contributed by atoms with Crippen molar-refractivity contribution >= 4 is 28.7 Å². The first-order valence-corrected chi connectivity index (χ1v) is 17.3. The third-order valence-corrected chi connectivity index (χ3v) is 11.3. The van der Waals surface area contributed by atoms with Gasteiger partial charge in [0, 0.05) is 42.6 Å². The lowest BCUT2D eigenvalue weighted by Crippen LogP contribution is -2.67. The molecule has 52 heavy (non-hydrogen) atoms. The van der Waals surface area contributed by atoms with Gasteiger partial charge in [0.15, 0.2) is 22.6 Å². The molecule has 0 aromatic carbocycles. The maximum atomic E-state index is 14.5. The van der Waals surface area contributed by atoms with Gasteiger partial charge in [-0.25, -0.2) is 15.0 Å². The number of hydrogen-bond donors (Lipinski definition) is 2. The number of ether oxygens (including phenoxy) is 1. The molecule has 4 aliphatic carbocycles. The molecule has 1 aliphatic heterocycles. The van der Waals surface area contributed by atoms with Gasteiger partial charge >= 0.3 is 6.18 Å². The Labute approximate surface area is 294 Å². The van der Waals surface area contributed by atoms with Crippen molar-refractivity contribution in [2.75, 3.05) is 25.1 Å². The molecule has 15 nitrogen and oxygen atoms in total. The Morgan fingerprint density at radius 2 is 1.87 bits per heavy atom. The van der Waals surface area contributed by atoms with Crippen LogP contribution in [-0.2, 0) is 17.8 Å². The number of alkyl halides is 3. The number of rotatable bonds is 8. The van der Waals surface area contributed by atoms with Crippen LogP contribution >= 0.6 is 0 Å². The Kier molecular flexibility index (Phi) is 7.91. The first-order valence-electron chi connectivity index (χ1n) is 17.3. The summed E-state index contributed by atoms with van der Waals surface area (Å²) in [5.74, 6) is -2.83. The number of fused-ring (bicyclic) bond motifs is 3. The smallest absolute Gasteiger partial charge is 0.392 e. The highest BCUT2D eigenvalue weighted by Crippen LogP contribution is 2.60. The molecule has 1 saturated heterocycles. The summed E-state index contributed by atoms with van der Waals surface area (Å²) < 4.78 is 47.8. The monoisotopic (exact) mass is 722 g/mol. The molecule has 3 atom stereocenters. The summed E-state index contributed by atoms with van der Waals surface area (Å²) in [5, 5.41) is 22.7. The molecule has 2 amide bonds. The molecule has 9 rings (SSSR count). The third-order valence-electron chi connectivity index (χ3n) is 11.3. The van der Waals surface area contributed by atoms with E-state index >= 15 is 0 Å². The number of anilines is 1. The highest BCUT2D eigenvalue weighted by molar-refractivity contribution is 5.95. The molecule has 4 aromatic rings. The number of amides is 2. The van der Waals surface area contributed by atoms with Gasteiger partial charge in [-0.1, -0.05) is 6.92 Å². The quantitative estimate of drug-likeness (QED) is 0.274. The summed E-state index contributed by atoms with van der Waals surface area (Å²) in [6, 6.07) is 2.71. The molecule has 4 saturated carbocycles. The van der Waals surface area contributed by atoms with Crippen LogP contribution in [0, 0.1) is 18.8 Å². The van der Waals surface area contributed by atoms with Crippen molar-refractivity contribution in [3.63, 3.8) is 0 Å². The van der Waals surface area contributed by atoms with Crippen molar-refractivity contribution in [1.82, 2.24) is 44.7 Å². The predicted octanol–water partition coefficient (Wildman–Crippen LogP) is 2.69. The van der Waals surface area contributed by atoms with Gasteiger partial charge in [0.05, 0.1) is 30.5 Å². The summed E-state index contributed by atoms with van der Waals surface area (Å²) in [7, 11) is 1.46. The summed E-state index contributed by atoms with van der Waals surface area (Å²) in [5.41, 5.74) is 0.358. The Hall–Kier alpha value is -5.29. The average Bonchev–Trinajstić information content (AvgIpc) is 3.80. The molecule has 0 radical (unpaired) electrons. The lowest BCUT2D eigenvalue weighted by atomic mass is 9.76. The van der Waals surface area contributed by atoms with Crippen molar-refractivity contribution in [3.05, 3.63) is 52.0 Å². The molecule has 2 bridgehead atoms. The maximum Gasteiger partial charge on any atom is 0.392 e. The molecule has 5 fully saturated rings.